The third kappa shape index (κ3) is 3.30. The van der Waals surface area contributed by atoms with Crippen LogP contribution in [0.15, 0.2) is 24.3 Å². The minimum Gasteiger partial charge on any atom is -0.395 e. The van der Waals surface area contributed by atoms with E-state index in [0.717, 1.165) is 24.1 Å². The van der Waals surface area contributed by atoms with Gasteiger partial charge in [-0.25, -0.2) is 0 Å². The van der Waals surface area contributed by atoms with Crippen molar-refractivity contribution in [3.63, 3.8) is 0 Å². The van der Waals surface area contributed by atoms with Crippen LogP contribution in [0.5, 0.6) is 0 Å². The highest BCUT2D eigenvalue weighted by molar-refractivity contribution is 5.96. The number of nitrogens with zero attached hydrogens (tertiary/aromatic N) is 1. The maximum atomic E-state index is 12.3. The lowest BCUT2D eigenvalue weighted by Gasteiger charge is -2.26. The lowest BCUT2D eigenvalue weighted by atomic mass is 9.89. The molecule has 1 aliphatic heterocycles. The number of amides is 2. The van der Waals surface area contributed by atoms with Gasteiger partial charge in [0.15, 0.2) is 0 Å². The van der Waals surface area contributed by atoms with Crippen molar-refractivity contribution in [2.75, 3.05) is 18.5 Å². The van der Waals surface area contributed by atoms with E-state index in [4.69, 9.17) is 5.11 Å². The van der Waals surface area contributed by atoms with Gasteiger partial charge in [0.25, 0.3) is 0 Å². The lowest BCUT2D eigenvalue weighted by Crippen LogP contribution is -2.37. The highest BCUT2D eigenvalue weighted by Crippen LogP contribution is 2.30. The molecule has 0 bridgehead atoms. The number of carbonyl (C=O) groups excluding carboxylic acids is 2. The Bertz CT molecular complexity index is 569. The van der Waals surface area contributed by atoms with Crippen molar-refractivity contribution in [3.05, 3.63) is 29.8 Å². The van der Waals surface area contributed by atoms with Crippen molar-refractivity contribution in [2.24, 2.45) is 5.92 Å². The summed E-state index contributed by atoms with van der Waals surface area (Å²) < 4.78 is 0. The van der Waals surface area contributed by atoms with Crippen LogP contribution in [0.1, 0.15) is 31.2 Å². The monoisotopic (exact) mass is 302 g/mol. The smallest absolute Gasteiger partial charge is 0.227 e. The van der Waals surface area contributed by atoms with E-state index in [9.17, 15) is 9.59 Å². The second kappa shape index (κ2) is 6.48. The highest BCUT2D eigenvalue weighted by Gasteiger charge is 2.33. The van der Waals surface area contributed by atoms with Crippen molar-refractivity contribution >= 4 is 17.5 Å². The molecule has 1 saturated carbocycles. The summed E-state index contributed by atoms with van der Waals surface area (Å²) in [6, 6.07) is 8.11. The molecule has 1 heterocycles. The van der Waals surface area contributed by atoms with E-state index in [-0.39, 0.29) is 24.3 Å². The van der Waals surface area contributed by atoms with Crippen LogP contribution in [0.3, 0.4) is 0 Å². The van der Waals surface area contributed by atoms with E-state index in [1.807, 2.05) is 24.3 Å². The lowest BCUT2D eigenvalue weighted by molar-refractivity contribution is -0.132. The van der Waals surface area contributed by atoms with E-state index in [1.54, 1.807) is 4.90 Å². The maximum Gasteiger partial charge on any atom is 0.227 e. The molecule has 1 atom stereocenters. The number of nitrogens with one attached hydrogen (secondary N) is 1. The first-order chi connectivity index (χ1) is 10.7. The van der Waals surface area contributed by atoms with Crippen LogP contribution in [0.2, 0.25) is 0 Å². The highest BCUT2D eigenvalue weighted by atomic mass is 16.3. The fraction of sp³-hybridized carbons (Fsp3) is 0.529. The third-order valence-electron chi connectivity index (χ3n) is 4.47. The SMILES string of the molecule is O=C1Nc2ccccc2CC1CCC(=O)N(CCO)C1CC1. The van der Waals surface area contributed by atoms with Crippen LogP contribution in [-0.2, 0) is 16.0 Å². The number of fused-ring (bicyclic) bond motifs is 1. The summed E-state index contributed by atoms with van der Waals surface area (Å²) in [7, 11) is 0. The summed E-state index contributed by atoms with van der Waals surface area (Å²) in [6.07, 6.45) is 3.69. The van der Waals surface area contributed by atoms with Gasteiger partial charge < -0.3 is 15.3 Å². The van der Waals surface area contributed by atoms with Gasteiger partial charge in [0, 0.05) is 30.6 Å². The van der Waals surface area contributed by atoms with Gasteiger partial charge in [0.05, 0.1) is 6.61 Å². The van der Waals surface area contributed by atoms with Crippen LogP contribution >= 0.6 is 0 Å². The van der Waals surface area contributed by atoms with E-state index < -0.39 is 0 Å². The molecule has 1 aliphatic carbocycles. The van der Waals surface area contributed by atoms with Crippen molar-refractivity contribution in [3.8, 4) is 0 Å². The molecule has 5 heteroatoms. The number of rotatable bonds is 6. The molecule has 0 aromatic heterocycles. The fourth-order valence-electron chi connectivity index (χ4n) is 3.09. The van der Waals surface area contributed by atoms with Gasteiger partial charge in [-0.15, -0.1) is 0 Å². The Morgan fingerprint density at radius 2 is 2.09 bits per heavy atom. The Labute approximate surface area is 130 Å². The normalized spacial score (nSPS) is 20.2. The van der Waals surface area contributed by atoms with Gasteiger partial charge in [-0.05, 0) is 37.3 Å². The zero-order chi connectivity index (χ0) is 15.5. The number of hydrogen-bond acceptors (Lipinski definition) is 3. The molecule has 0 spiro atoms. The van der Waals surface area contributed by atoms with Crippen molar-refractivity contribution in [2.45, 2.75) is 38.1 Å². The minimum absolute atomic E-state index is 0.000466. The summed E-state index contributed by atoms with van der Waals surface area (Å²) >= 11 is 0. The Morgan fingerprint density at radius 1 is 1.32 bits per heavy atom. The number of anilines is 1. The van der Waals surface area contributed by atoms with Crippen LogP contribution in [0, 0.1) is 5.92 Å². The van der Waals surface area contributed by atoms with Crippen LogP contribution in [-0.4, -0.2) is 41.0 Å². The molecular formula is C17H22N2O3. The van der Waals surface area contributed by atoms with E-state index in [1.165, 1.54) is 0 Å². The van der Waals surface area contributed by atoms with Gasteiger partial charge in [-0.3, -0.25) is 9.59 Å². The molecule has 1 aromatic carbocycles. The zero-order valence-corrected chi connectivity index (χ0v) is 12.6. The summed E-state index contributed by atoms with van der Waals surface area (Å²) in [5, 5.41) is 12.0. The minimum atomic E-state index is -0.144. The topological polar surface area (TPSA) is 69.6 Å². The molecular weight excluding hydrogens is 280 g/mol. The van der Waals surface area contributed by atoms with Crippen molar-refractivity contribution in [1.29, 1.82) is 0 Å². The number of hydrogen-bond donors (Lipinski definition) is 2. The van der Waals surface area contributed by atoms with E-state index in [2.05, 4.69) is 5.32 Å². The molecule has 2 aliphatic rings. The second-order valence-corrected chi connectivity index (χ2v) is 6.13. The molecule has 22 heavy (non-hydrogen) atoms. The van der Waals surface area contributed by atoms with Crippen LogP contribution in [0.25, 0.3) is 0 Å². The first kappa shape index (κ1) is 15.0. The van der Waals surface area contributed by atoms with E-state index in [0.29, 0.717) is 31.8 Å². The van der Waals surface area contributed by atoms with Gasteiger partial charge in [0.2, 0.25) is 11.8 Å². The first-order valence-electron chi connectivity index (χ1n) is 7.98. The van der Waals surface area contributed by atoms with Crippen molar-refractivity contribution < 1.29 is 14.7 Å². The fourth-order valence-corrected chi connectivity index (χ4v) is 3.09. The molecule has 118 valence electrons. The average Bonchev–Trinajstić information content (AvgIpc) is 3.35. The average molecular weight is 302 g/mol. The Morgan fingerprint density at radius 3 is 2.82 bits per heavy atom. The number of carbonyl (C=O) groups is 2. The quantitative estimate of drug-likeness (QED) is 0.838. The van der Waals surface area contributed by atoms with Crippen LogP contribution in [0.4, 0.5) is 5.69 Å². The van der Waals surface area contributed by atoms with Gasteiger partial charge in [-0.1, -0.05) is 18.2 Å². The number of aliphatic hydroxyl groups excluding tert-OH is 1. The molecule has 1 aromatic rings. The Balaban J connectivity index is 1.57. The standard InChI is InChI=1S/C17H22N2O3/c20-10-9-19(14-6-7-14)16(21)8-5-13-11-12-3-1-2-4-15(12)18-17(13)22/h1-4,13-14,20H,5-11H2,(H,18,22). The van der Waals surface area contributed by atoms with Gasteiger partial charge in [0.1, 0.15) is 0 Å². The predicted molar refractivity (Wildman–Crippen MR) is 83.3 cm³/mol. The third-order valence-corrected chi connectivity index (χ3v) is 4.47. The molecule has 0 saturated heterocycles. The van der Waals surface area contributed by atoms with Crippen molar-refractivity contribution in [1.82, 2.24) is 4.90 Å². The zero-order valence-electron chi connectivity index (χ0n) is 12.6. The molecule has 2 amide bonds. The van der Waals surface area contributed by atoms with Crippen LogP contribution < -0.4 is 5.32 Å². The summed E-state index contributed by atoms with van der Waals surface area (Å²) in [5.74, 6) is -0.0798. The largest absolute Gasteiger partial charge is 0.395 e. The molecule has 5 nitrogen and oxygen atoms in total. The second-order valence-electron chi connectivity index (χ2n) is 6.13. The number of benzene rings is 1. The predicted octanol–water partition coefficient (Wildman–Crippen LogP) is 1.56. The summed E-state index contributed by atoms with van der Waals surface area (Å²) in [5.41, 5.74) is 2.02. The number of aliphatic hydroxyl groups is 1. The van der Waals surface area contributed by atoms with Gasteiger partial charge >= 0.3 is 0 Å². The summed E-state index contributed by atoms with van der Waals surface area (Å²) in [4.78, 5) is 26.2. The Kier molecular flexibility index (Phi) is 4.43. The molecule has 1 fully saturated rings. The molecule has 0 radical (unpaired) electrons. The van der Waals surface area contributed by atoms with Gasteiger partial charge in [-0.2, -0.15) is 0 Å². The van der Waals surface area contributed by atoms with E-state index >= 15 is 0 Å². The number of para-hydroxylation sites is 1. The summed E-state index contributed by atoms with van der Waals surface area (Å²) in [6.45, 7) is 0.405. The molecule has 2 N–H and O–H groups in total. The molecule has 3 rings (SSSR count). The first-order valence-corrected chi connectivity index (χ1v) is 7.98. The maximum absolute atomic E-state index is 12.3. The molecule has 1 unspecified atom stereocenters. The Hall–Kier alpha value is -1.88.